The largest absolute Gasteiger partial charge is 0.465 e. The van der Waals surface area contributed by atoms with Crippen LogP contribution in [0.5, 0.6) is 0 Å². The maximum Gasteiger partial charge on any atom is 0.339 e. The van der Waals surface area contributed by atoms with E-state index in [1.807, 2.05) is 0 Å². The average Bonchev–Trinajstić information content (AvgIpc) is 2.90. The predicted octanol–water partition coefficient (Wildman–Crippen LogP) is 0.962. The first kappa shape index (κ1) is 11.7. The summed E-state index contributed by atoms with van der Waals surface area (Å²) in [5.74, 6) is -0.590. The molecule has 0 spiro atoms. The molecule has 0 saturated heterocycles. The van der Waals surface area contributed by atoms with Crippen LogP contribution in [-0.2, 0) is 4.74 Å². The molecule has 2 aromatic heterocycles. The van der Waals surface area contributed by atoms with E-state index in [1.54, 1.807) is 0 Å². The van der Waals surface area contributed by atoms with Crippen LogP contribution in [0.3, 0.4) is 0 Å². The van der Waals surface area contributed by atoms with Gasteiger partial charge in [-0.1, -0.05) is 0 Å². The highest BCUT2D eigenvalue weighted by atomic mass is 16.6. The second-order valence-electron chi connectivity index (χ2n) is 3.29. The Bertz CT molecular complexity index is 594. The summed E-state index contributed by atoms with van der Waals surface area (Å²) in [7, 11) is 1.19. The second-order valence-corrected chi connectivity index (χ2v) is 3.29. The van der Waals surface area contributed by atoms with Crippen molar-refractivity contribution in [3.05, 3.63) is 46.7 Å². The fraction of sp³-hybridized carbons (Fsp3) is 0.100. The van der Waals surface area contributed by atoms with Gasteiger partial charge in [0.05, 0.1) is 17.6 Å². The third kappa shape index (κ3) is 2.03. The second kappa shape index (κ2) is 4.62. The van der Waals surface area contributed by atoms with Crippen LogP contribution in [0.25, 0.3) is 5.82 Å². The maximum absolute atomic E-state index is 11.3. The summed E-state index contributed by atoms with van der Waals surface area (Å²) < 4.78 is 5.87. The molecule has 8 nitrogen and oxygen atoms in total. The third-order valence-corrected chi connectivity index (χ3v) is 2.21. The number of ether oxygens (including phenoxy) is 1. The van der Waals surface area contributed by atoms with Crippen LogP contribution < -0.4 is 0 Å². The van der Waals surface area contributed by atoms with Gasteiger partial charge in [-0.05, 0) is 0 Å². The monoisotopic (exact) mass is 248 g/mol. The minimum atomic E-state index is -0.678. The minimum absolute atomic E-state index is 0.0214. The zero-order chi connectivity index (χ0) is 13.1. The number of methoxy groups -OCH3 is 1. The Morgan fingerprint density at radius 2 is 2.33 bits per heavy atom. The molecule has 0 aliphatic rings. The van der Waals surface area contributed by atoms with Gasteiger partial charge in [-0.3, -0.25) is 14.7 Å². The Labute approximate surface area is 101 Å². The highest BCUT2D eigenvalue weighted by molar-refractivity contribution is 5.90. The molecular weight excluding hydrogens is 240 g/mol. The molecule has 92 valence electrons. The number of nitrogens with zero attached hydrogens (tertiary/aromatic N) is 4. The van der Waals surface area contributed by atoms with Gasteiger partial charge in [0.25, 0.3) is 0 Å². The first-order chi connectivity index (χ1) is 8.63. The topological polar surface area (TPSA) is 100 Å². The number of nitro groups is 1. The smallest absolute Gasteiger partial charge is 0.339 e. The SMILES string of the molecule is COC(=O)c1cnc(-n2ccnc2)c([N+](=O)[O-])c1. The number of imidazole rings is 1. The molecule has 0 bridgehead atoms. The van der Waals surface area contributed by atoms with Gasteiger partial charge in [0.1, 0.15) is 6.33 Å². The van der Waals surface area contributed by atoms with E-state index in [9.17, 15) is 14.9 Å². The van der Waals surface area contributed by atoms with Crippen LogP contribution >= 0.6 is 0 Å². The lowest BCUT2D eigenvalue weighted by Crippen LogP contribution is -2.07. The van der Waals surface area contributed by atoms with Gasteiger partial charge < -0.3 is 4.74 Å². The predicted molar refractivity (Wildman–Crippen MR) is 59.4 cm³/mol. The van der Waals surface area contributed by atoms with Crippen LogP contribution in [0.2, 0.25) is 0 Å². The summed E-state index contributed by atoms with van der Waals surface area (Å²) in [6, 6.07) is 1.12. The molecular formula is C10H8N4O4. The van der Waals surface area contributed by atoms with Crippen molar-refractivity contribution in [2.45, 2.75) is 0 Å². The summed E-state index contributed by atoms with van der Waals surface area (Å²) in [4.78, 5) is 29.3. The average molecular weight is 248 g/mol. The number of carbonyl (C=O) groups excluding carboxylic acids is 1. The Hall–Kier alpha value is -2.77. The van der Waals surface area contributed by atoms with Crippen molar-refractivity contribution in [3.63, 3.8) is 0 Å². The van der Waals surface area contributed by atoms with Gasteiger partial charge in [-0.15, -0.1) is 0 Å². The van der Waals surface area contributed by atoms with Gasteiger partial charge in [0.15, 0.2) is 0 Å². The van der Waals surface area contributed by atoms with Gasteiger partial charge in [-0.2, -0.15) is 0 Å². The fourth-order valence-electron chi connectivity index (χ4n) is 1.39. The van der Waals surface area contributed by atoms with Crippen molar-refractivity contribution >= 4 is 11.7 Å². The van der Waals surface area contributed by atoms with E-state index >= 15 is 0 Å². The number of aromatic nitrogens is 3. The van der Waals surface area contributed by atoms with Gasteiger partial charge >= 0.3 is 11.7 Å². The Kier molecular flexibility index (Phi) is 3.00. The fourth-order valence-corrected chi connectivity index (χ4v) is 1.39. The lowest BCUT2D eigenvalue weighted by atomic mass is 10.2. The molecule has 0 aliphatic carbocycles. The van der Waals surface area contributed by atoms with Gasteiger partial charge in [0, 0.05) is 24.7 Å². The van der Waals surface area contributed by atoms with Crippen LogP contribution in [0.1, 0.15) is 10.4 Å². The van der Waals surface area contributed by atoms with Crippen molar-refractivity contribution < 1.29 is 14.5 Å². The zero-order valence-corrected chi connectivity index (χ0v) is 9.31. The normalized spacial score (nSPS) is 10.1. The molecule has 0 amide bonds. The Morgan fingerprint density at radius 3 is 2.89 bits per heavy atom. The summed E-state index contributed by atoms with van der Waals surface area (Å²) >= 11 is 0. The van der Waals surface area contributed by atoms with Crippen molar-refractivity contribution in [1.29, 1.82) is 0 Å². The Morgan fingerprint density at radius 1 is 1.56 bits per heavy atom. The third-order valence-electron chi connectivity index (χ3n) is 2.21. The molecule has 18 heavy (non-hydrogen) atoms. The van der Waals surface area contributed by atoms with Crippen LogP contribution in [0.15, 0.2) is 31.0 Å². The number of hydrogen-bond donors (Lipinski definition) is 0. The van der Waals surface area contributed by atoms with E-state index in [2.05, 4.69) is 14.7 Å². The summed E-state index contributed by atoms with van der Waals surface area (Å²) in [5, 5.41) is 11.0. The Balaban J connectivity index is 2.55. The van der Waals surface area contributed by atoms with Crippen LogP contribution in [-0.4, -0.2) is 32.5 Å². The maximum atomic E-state index is 11.3. The number of pyridine rings is 1. The van der Waals surface area contributed by atoms with Crippen molar-refractivity contribution in [2.75, 3.05) is 7.11 Å². The van der Waals surface area contributed by atoms with Crippen molar-refractivity contribution in [3.8, 4) is 5.82 Å². The van der Waals surface area contributed by atoms with E-state index in [0.29, 0.717) is 0 Å². The first-order valence-corrected chi connectivity index (χ1v) is 4.84. The number of rotatable bonds is 3. The molecule has 2 rings (SSSR count). The minimum Gasteiger partial charge on any atom is -0.465 e. The number of esters is 1. The molecule has 0 saturated carbocycles. The molecule has 2 aromatic rings. The molecule has 0 unspecified atom stereocenters. The van der Waals surface area contributed by atoms with Crippen molar-refractivity contribution in [2.24, 2.45) is 0 Å². The van der Waals surface area contributed by atoms with E-state index in [4.69, 9.17) is 0 Å². The molecule has 0 N–H and O–H groups in total. The molecule has 0 aromatic carbocycles. The van der Waals surface area contributed by atoms with E-state index in [-0.39, 0.29) is 17.1 Å². The molecule has 0 aliphatic heterocycles. The summed E-state index contributed by atoms with van der Waals surface area (Å²) in [6.07, 6.45) is 5.59. The molecule has 0 radical (unpaired) electrons. The first-order valence-electron chi connectivity index (χ1n) is 4.84. The molecule has 0 atom stereocenters. The standard InChI is InChI=1S/C10H8N4O4/c1-18-10(15)7-4-8(14(16)17)9(12-5-7)13-3-2-11-6-13/h2-6H,1H3. The molecule has 2 heterocycles. The molecule has 0 fully saturated rings. The van der Waals surface area contributed by atoms with E-state index < -0.39 is 10.9 Å². The lowest BCUT2D eigenvalue weighted by Gasteiger charge is -2.04. The quantitative estimate of drug-likeness (QED) is 0.455. The molecule has 8 heteroatoms. The highest BCUT2D eigenvalue weighted by Crippen LogP contribution is 2.21. The van der Waals surface area contributed by atoms with Crippen LogP contribution in [0, 0.1) is 10.1 Å². The number of hydrogen-bond acceptors (Lipinski definition) is 6. The van der Waals surface area contributed by atoms with Crippen LogP contribution in [0.4, 0.5) is 5.69 Å². The number of carbonyl (C=O) groups is 1. The zero-order valence-electron chi connectivity index (χ0n) is 9.31. The highest BCUT2D eigenvalue weighted by Gasteiger charge is 2.20. The van der Waals surface area contributed by atoms with Crippen molar-refractivity contribution in [1.82, 2.24) is 14.5 Å². The van der Waals surface area contributed by atoms with Gasteiger partial charge in [-0.25, -0.2) is 14.8 Å². The lowest BCUT2D eigenvalue weighted by molar-refractivity contribution is -0.384. The summed E-state index contributed by atoms with van der Waals surface area (Å²) in [5.41, 5.74) is -0.274. The summed E-state index contributed by atoms with van der Waals surface area (Å²) in [6.45, 7) is 0. The van der Waals surface area contributed by atoms with E-state index in [0.717, 1.165) is 6.07 Å². The van der Waals surface area contributed by atoms with Gasteiger partial charge in [0.2, 0.25) is 5.82 Å². The van der Waals surface area contributed by atoms with E-state index in [1.165, 1.54) is 36.6 Å².